The van der Waals surface area contributed by atoms with Gasteiger partial charge >= 0.3 is 0 Å². The van der Waals surface area contributed by atoms with E-state index in [2.05, 4.69) is 31.5 Å². The van der Waals surface area contributed by atoms with Crippen molar-refractivity contribution in [2.45, 2.75) is 31.5 Å². The molecule has 1 unspecified atom stereocenters. The van der Waals surface area contributed by atoms with Gasteiger partial charge in [-0.3, -0.25) is 4.79 Å². The zero-order valence-electron chi connectivity index (χ0n) is 9.83. The standard InChI is InChI=1S/C12H15BrFN3O/c13-10-2-1-3-11(16-10)17-12(18)9-5-4-8(14)6-7-15-9/h1-3,8-9,15H,4-7H2,(H,16,17,18)/t8?,9-/m0/s1. The molecular formula is C12H15BrFN3O. The van der Waals surface area contributed by atoms with Crippen molar-refractivity contribution >= 4 is 27.7 Å². The maximum absolute atomic E-state index is 13.2. The molecule has 6 heteroatoms. The minimum atomic E-state index is -0.806. The molecule has 2 N–H and O–H groups in total. The molecule has 1 amide bonds. The lowest BCUT2D eigenvalue weighted by molar-refractivity contribution is -0.118. The summed E-state index contributed by atoms with van der Waals surface area (Å²) in [6.07, 6.45) is 0.607. The van der Waals surface area contributed by atoms with Crippen molar-refractivity contribution in [2.24, 2.45) is 0 Å². The van der Waals surface area contributed by atoms with Crippen LogP contribution in [0.1, 0.15) is 19.3 Å². The maximum Gasteiger partial charge on any atom is 0.242 e. The van der Waals surface area contributed by atoms with Gasteiger partial charge < -0.3 is 10.6 Å². The van der Waals surface area contributed by atoms with Gasteiger partial charge in [-0.1, -0.05) is 6.07 Å². The minimum Gasteiger partial charge on any atom is -0.309 e. The third-order valence-electron chi connectivity index (χ3n) is 2.90. The van der Waals surface area contributed by atoms with Crippen molar-refractivity contribution in [3.05, 3.63) is 22.8 Å². The zero-order valence-corrected chi connectivity index (χ0v) is 11.4. The van der Waals surface area contributed by atoms with E-state index in [9.17, 15) is 9.18 Å². The van der Waals surface area contributed by atoms with Gasteiger partial charge in [0, 0.05) is 0 Å². The highest BCUT2D eigenvalue weighted by atomic mass is 79.9. The van der Waals surface area contributed by atoms with E-state index in [0.717, 1.165) is 0 Å². The predicted octanol–water partition coefficient (Wildman–Crippen LogP) is 2.26. The van der Waals surface area contributed by atoms with Gasteiger partial charge in [-0.2, -0.15) is 0 Å². The van der Waals surface area contributed by atoms with Crippen LogP contribution in [-0.4, -0.2) is 29.6 Å². The summed E-state index contributed by atoms with van der Waals surface area (Å²) in [5.74, 6) is 0.340. The first-order valence-corrected chi connectivity index (χ1v) is 6.75. The monoisotopic (exact) mass is 315 g/mol. The quantitative estimate of drug-likeness (QED) is 0.823. The van der Waals surface area contributed by atoms with Crippen LogP contribution in [0.3, 0.4) is 0 Å². The highest BCUT2D eigenvalue weighted by Gasteiger charge is 2.23. The summed E-state index contributed by atoms with van der Waals surface area (Å²) in [6, 6.07) is 4.96. The highest BCUT2D eigenvalue weighted by Crippen LogP contribution is 2.15. The van der Waals surface area contributed by atoms with Crippen LogP contribution in [0.5, 0.6) is 0 Å². The zero-order chi connectivity index (χ0) is 13.0. The molecule has 1 aromatic rings. The van der Waals surface area contributed by atoms with Crippen molar-refractivity contribution in [3.8, 4) is 0 Å². The first-order valence-electron chi connectivity index (χ1n) is 5.96. The number of rotatable bonds is 2. The fourth-order valence-electron chi connectivity index (χ4n) is 1.92. The van der Waals surface area contributed by atoms with Crippen LogP contribution in [0, 0.1) is 0 Å². The number of pyridine rings is 1. The number of anilines is 1. The number of carbonyl (C=O) groups is 1. The summed E-state index contributed by atoms with van der Waals surface area (Å²) in [6.45, 7) is 0.533. The smallest absolute Gasteiger partial charge is 0.242 e. The molecule has 1 aliphatic rings. The molecule has 1 fully saturated rings. The molecule has 1 aliphatic heterocycles. The first kappa shape index (κ1) is 13.4. The van der Waals surface area contributed by atoms with Crippen LogP contribution in [0.25, 0.3) is 0 Å². The van der Waals surface area contributed by atoms with Gasteiger partial charge in [0.25, 0.3) is 0 Å². The fraction of sp³-hybridized carbons (Fsp3) is 0.500. The molecule has 0 radical (unpaired) electrons. The molecule has 2 heterocycles. The molecule has 1 aromatic heterocycles. The Kier molecular flexibility index (Phi) is 4.66. The summed E-state index contributed by atoms with van der Waals surface area (Å²) >= 11 is 3.24. The van der Waals surface area contributed by atoms with Gasteiger partial charge in [-0.25, -0.2) is 9.37 Å². The number of nitrogens with one attached hydrogen (secondary N) is 2. The Morgan fingerprint density at radius 2 is 2.28 bits per heavy atom. The lowest BCUT2D eigenvalue weighted by atomic mass is 10.1. The molecule has 18 heavy (non-hydrogen) atoms. The molecule has 0 aliphatic carbocycles. The SMILES string of the molecule is O=C(Nc1cccc(Br)n1)[C@@H]1CCC(F)CCN1. The van der Waals surface area contributed by atoms with E-state index in [1.165, 1.54) is 0 Å². The number of hydrogen-bond donors (Lipinski definition) is 2. The molecular weight excluding hydrogens is 301 g/mol. The van der Waals surface area contributed by atoms with Crippen molar-refractivity contribution in [1.82, 2.24) is 10.3 Å². The number of hydrogen-bond acceptors (Lipinski definition) is 3. The van der Waals surface area contributed by atoms with Crippen molar-refractivity contribution < 1.29 is 9.18 Å². The van der Waals surface area contributed by atoms with E-state index >= 15 is 0 Å². The Labute approximate surface area is 113 Å². The average Bonchev–Trinajstić information content (AvgIpc) is 2.54. The predicted molar refractivity (Wildman–Crippen MR) is 71.1 cm³/mol. The number of nitrogens with zero attached hydrogens (tertiary/aromatic N) is 1. The largest absolute Gasteiger partial charge is 0.309 e. The summed E-state index contributed by atoms with van der Waals surface area (Å²) in [4.78, 5) is 16.1. The number of alkyl halides is 1. The van der Waals surface area contributed by atoms with Gasteiger partial charge in [0.15, 0.2) is 0 Å². The van der Waals surface area contributed by atoms with Gasteiger partial charge in [-0.15, -0.1) is 0 Å². The number of carbonyl (C=O) groups excluding carboxylic acids is 1. The lowest BCUT2D eigenvalue weighted by Crippen LogP contribution is -2.40. The number of amides is 1. The molecule has 0 saturated carbocycles. The Morgan fingerprint density at radius 3 is 3.06 bits per heavy atom. The molecule has 2 atom stereocenters. The number of halogens is 2. The van der Waals surface area contributed by atoms with Crippen LogP contribution < -0.4 is 10.6 Å². The molecule has 0 bridgehead atoms. The van der Waals surface area contributed by atoms with E-state index < -0.39 is 6.17 Å². The van der Waals surface area contributed by atoms with Crippen molar-refractivity contribution in [2.75, 3.05) is 11.9 Å². The van der Waals surface area contributed by atoms with E-state index in [1.54, 1.807) is 18.2 Å². The molecule has 98 valence electrons. The van der Waals surface area contributed by atoms with Crippen LogP contribution >= 0.6 is 15.9 Å². The van der Waals surface area contributed by atoms with Crippen molar-refractivity contribution in [1.29, 1.82) is 0 Å². The van der Waals surface area contributed by atoms with E-state index in [0.29, 0.717) is 36.2 Å². The van der Waals surface area contributed by atoms with Crippen LogP contribution in [0.4, 0.5) is 10.2 Å². The van der Waals surface area contributed by atoms with Crippen LogP contribution in [0.15, 0.2) is 22.8 Å². The average molecular weight is 316 g/mol. The fourth-order valence-corrected chi connectivity index (χ4v) is 2.27. The second kappa shape index (κ2) is 6.24. The lowest BCUT2D eigenvalue weighted by Gasteiger charge is -2.15. The van der Waals surface area contributed by atoms with E-state index in [4.69, 9.17) is 0 Å². The van der Waals surface area contributed by atoms with E-state index in [1.807, 2.05) is 0 Å². The Morgan fingerprint density at radius 1 is 1.44 bits per heavy atom. The summed E-state index contributed by atoms with van der Waals surface area (Å²) < 4.78 is 13.8. The Balaban J connectivity index is 1.95. The first-order chi connectivity index (χ1) is 8.65. The third kappa shape index (κ3) is 3.74. The van der Waals surface area contributed by atoms with Gasteiger partial charge in [-0.05, 0) is 53.9 Å². The molecule has 0 aromatic carbocycles. The van der Waals surface area contributed by atoms with Crippen molar-refractivity contribution in [3.63, 3.8) is 0 Å². The Bertz CT molecular complexity index is 430. The topological polar surface area (TPSA) is 54.0 Å². The molecule has 0 spiro atoms. The second-order valence-corrected chi connectivity index (χ2v) is 5.12. The van der Waals surface area contributed by atoms with Gasteiger partial charge in [0.2, 0.25) is 5.91 Å². The summed E-state index contributed by atoms with van der Waals surface area (Å²) in [7, 11) is 0. The second-order valence-electron chi connectivity index (χ2n) is 4.30. The van der Waals surface area contributed by atoms with Crippen LogP contribution in [0.2, 0.25) is 0 Å². The molecule has 2 rings (SSSR count). The summed E-state index contributed by atoms with van der Waals surface area (Å²) in [5.41, 5.74) is 0. The van der Waals surface area contributed by atoms with Crippen LogP contribution in [-0.2, 0) is 4.79 Å². The minimum absolute atomic E-state index is 0.158. The molecule has 4 nitrogen and oxygen atoms in total. The normalized spacial score (nSPS) is 24.3. The van der Waals surface area contributed by atoms with Gasteiger partial charge in [0.05, 0.1) is 6.04 Å². The Hall–Kier alpha value is -1.01. The van der Waals surface area contributed by atoms with Gasteiger partial charge in [0.1, 0.15) is 16.6 Å². The number of aromatic nitrogens is 1. The third-order valence-corrected chi connectivity index (χ3v) is 3.34. The molecule has 1 saturated heterocycles. The summed E-state index contributed by atoms with van der Waals surface area (Å²) in [5, 5.41) is 5.79. The highest BCUT2D eigenvalue weighted by molar-refractivity contribution is 9.10. The maximum atomic E-state index is 13.2. The van der Waals surface area contributed by atoms with E-state index in [-0.39, 0.29) is 11.9 Å².